The molecule has 1 unspecified atom stereocenters. The Balaban J connectivity index is 2.32. The van der Waals surface area contributed by atoms with E-state index in [0.29, 0.717) is 0 Å². The van der Waals surface area contributed by atoms with Gasteiger partial charge >= 0.3 is 0 Å². The fourth-order valence-electron chi connectivity index (χ4n) is 1.93. The first kappa shape index (κ1) is 13.1. The van der Waals surface area contributed by atoms with Gasteiger partial charge in [-0.3, -0.25) is 5.84 Å². The molecule has 0 amide bonds. The molecule has 18 heavy (non-hydrogen) atoms. The van der Waals surface area contributed by atoms with E-state index in [0.717, 1.165) is 17.0 Å². The zero-order chi connectivity index (χ0) is 13.0. The molecular weight excluding hydrogens is 244 g/mol. The summed E-state index contributed by atoms with van der Waals surface area (Å²) in [5, 5.41) is 1.99. The van der Waals surface area contributed by atoms with E-state index in [4.69, 9.17) is 10.6 Å². The van der Waals surface area contributed by atoms with Crippen molar-refractivity contribution >= 4 is 11.3 Å². The van der Waals surface area contributed by atoms with Crippen molar-refractivity contribution in [3.8, 4) is 5.75 Å². The lowest BCUT2D eigenvalue weighted by molar-refractivity contribution is 0.416. The zero-order valence-corrected chi connectivity index (χ0v) is 11.5. The molecule has 2 rings (SSSR count). The molecule has 1 atom stereocenters. The van der Waals surface area contributed by atoms with Gasteiger partial charge in [-0.15, -0.1) is 11.3 Å². The lowest BCUT2D eigenvalue weighted by Gasteiger charge is -2.15. The predicted molar refractivity (Wildman–Crippen MR) is 75.9 cm³/mol. The summed E-state index contributed by atoms with van der Waals surface area (Å²) in [6, 6.07) is 10.5. The summed E-state index contributed by atoms with van der Waals surface area (Å²) in [4.78, 5) is 1.16. The van der Waals surface area contributed by atoms with E-state index >= 15 is 0 Å². The van der Waals surface area contributed by atoms with Crippen molar-refractivity contribution in [3.05, 3.63) is 51.7 Å². The number of rotatable bonds is 5. The Labute approximate surface area is 112 Å². The highest BCUT2D eigenvalue weighted by atomic mass is 32.1. The smallest absolute Gasteiger partial charge is 0.129 e. The number of hydrogen-bond donors (Lipinski definition) is 2. The molecule has 0 bridgehead atoms. The van der Waals surface area contributed by atoms with Crippen LogP contribution in [0.25, 0.3) is 0 Å². The molecule has 1 aromatic heterocycles. The number of methoxy groups -OCH3 is 1. The van der Waals surface area contributed by atoms with Crippen LogP contribution in [-0.4, -0.2) is 7.11 Å². The average Bonchev–Trinajstić information content (AvgIpc) is 2.88. The minimum absolute atomic E-state index is 0.0189. The number of hydrazine groups is 1. The molecule has 0 spiro atoms. The minimum atomic E-state index is 0.0189. The van der Waals surface area contributed by atoms with Gasteiger partial charge in [-0.05, 0) is 23.6 Å². The molecule has 2 aromatic rings. The van der Waals surface area contributed by atoms with E-state index < -0.39 is 0 Å². The predicted octanol–water partition coefficient (Wildman–Crippen LogP) is 2.87. The summed E-state index contributed by atoms with van der Waals surface area (Å²) in [6.45, 7) is 2.15. The Hall–Kier alpha value is -1.36. The van der Waals surface area contributed by atoms with Gasteiger partial charge in [0.1, 0.15) is 5.75 Å². The van der Waals surface area contributed by atoms with Crippen LogP contribution < -0.4 is 16.0 Å². The molecular formula is C14H18N2OS. The highest BCUT2D eigenvalue weighted by molar-refractivity contribution is 7.10. The Morgan fingerprint density at radius 2 is 2.22 bits per heavy atom. The van der Waals surface area contributed by atoms with E-state index in [1.807, 2.05) is 11.4 Å². The minimum Gasteiger partial charge on any atom is -0.496 e. The van der Waals surface area contributed by atoms with Crippen LogP contribution >= 0.6 is 11.3 Å². The Bertz CT molecular complexity index is 510. The maximum atomic E-state index is 5.69. The number of thiophene rings is 1. The standard InChI is InChI=1S/C14H18N2OS/c1-3-10-5-4-6-11(7-10)14(16-15)13-8-12(17-2)9-18-13/h4-9,14,16H,3,15H2,1-2H3. The number of benzene rings is 1. The summed E-state index contributed by atoms with van der Waals surface area (Å²) in [6.07, 6.45) is 1.03. The van der Waals surface area contributed by atoms with Gasteiger partial charge in [0.15, 0.2) is 0 Å². The van der Waals surface area contributed by atoms with Gasteiger partial charge in [0.05, 0.1) is 13.2 Å². The first-order chi connectivity index (χ1) is 8.78. The van der Waals surface area contributed by atoms with Crippen molar-refractivity contribution in [2.24, 2.45) is 5.84 Å². The van der Waals surface area contributed by atoms with Gasteiger partial charge in [-0.2, -0.15) is 0 Å². The summed E-state index contributed by atoms with van der Waals surface area (Å²) < 4.78 is 5.21. The molecule has 3 nitrogen and oxygen atoms in total. The highest BCUT2D eigenvalue weighted by Gasteiger charge is 2.15. The van der Waals surface area contributed by atoms with Gasteiger partial charge in [0.2, 0.25) is 0 Å². The van der Waals surface area contributed by atoms with Crippen molar-refractivity contribution in [2.75, 3.05) is 7.11 Å². The number of hydrogen-bond acceptors (Lipinski definition) is 4. The van der Waals surface area contributed by atoms with Crippen LogP contribution in [0.4, 0.5) is 0 Å². The largest absolute Gasteiger partial charge is 0.496 e. The molecule has 3 N–H and O–H groups in total. The Morgan fingerprint density at radius 3 is 2.83 bits per heavy atom. The highest BCUT2D eigenvalue weighted by Crippen LogP contribution is 2.30. The third kappa shape index (κ3) is 2.72. The number of aryl methyl sites for hydroxylation is 1. The molecule has 1 aromatic carbocycles. The van der Waals surface area contributed by atoms with E-state index in [9.17, 15) is 0 Å². The number of nitrogens with two attached hydrogens (primary N) is 1. The zero-order valence-electron chi connectivity index (χ0n) is 10.6. The molecule has 1 heterocycles. The third-order valence-electron chi connectivity index (χ3n) is 2.98. The summed E-state index contributed by atoms with van der Waals surface area (Å²) in [5.74, 6) is 6.57. The Morgan fingerprint density at radius 1 is 1.39 bits per heavy atom. The monoisotopic (exact) mass is 262 g/mol. The fraction of sp³-hybridized carbons (Fsp3) is 0.286. The van der Waals surface area contributed by atoms with Gasteiger partial charge in [-0.1, -0.05) is 31.2 Å². The van der Waals surface area contributed by atoms with Crippen LogP contribution in [0.2, 0.25) is 0 Å². The normalized spacial score (nSPS) is 12.4. The van der Waals surface area contributed by atoms with Crippen molar-refractivity contribution in [1.82, 2.24) is 5.43 Å². The second-order valence-corrected chi connectivity index (χ2v) is 5.03. The maximum Gasteiger partial charge on any atom is 0.129 e. The van der Waals surface area contributed by atoms with Crippen LogP contribution in [0.5, 0.6) is 5.75 Å². The molecule has 0 aliphatic rings. The first-order valence-corrected chi connectivity index (χ1v) is 6.83. The maximum absolute atomic E-state index is 5.69. The van der Waals surface area contributed by atoms with Crippen LogP contribution in [-0.2, 0) is 6.42 Å². The fourth-order valence-corrected chi connectivity index (χ4v) is 2.87. The van der Waals surface area contributed by atoms with Gasteiger partial charge in [0.25, 0.3) is 0 Å². The van der Waals surface area contributed by atoms with Crippen LogP contribution in [0.1, 0.15) is 29.0 Å². The molecule has 96 valence electrons. The topological polar surface area (TPSA) is 47.3 Å². The SMILES string of the molecule is CCc1cccc(C(NN)c2cc(OC)cs2)c1. The summed E-state index contributed by atoms with van der Waals surface area (Å²) in [5.41, 5.74) is 5.38. The van der Waals surface area contributed by atoms with Crippen molar-refractivity contribution in [2.45, 2.75) is 19.4 Å². The average molecular weight is 262 g/mol. The summed E-state index contributed by atoms with van der Waals surface area (Å²) >= 11 is 1.65. The molecule has 0 radical (unpaired) electrons. The van der Waals surface area contributed by atoms with Crippen molar-refractivity contribution < 1.29 is 4.74 Å². The lowest BCUT2D eigenvalue weighted by Crippen LogP contribution is -2.28. The number of nitrogens with one attached hydrogen (secondary N) is 1. The molecule has 0 saturated carbocycles. The van der Waals surface area contributed by atoms with Crippen LogP contribution in [0.15, 0.2) is 35.7 Å². The van der Waals surface area contributed by atoms with E-state index in [2.05, 4.69) is 36.6 Å². The summed E-state index contributed by atoms with van der Waals surface area (Å²) in [7, 11) is 1.68. The second kappa shape index (κ2) is 6.00. The first-order valence-electron chi connectivity index (χ1n) is 5.95. The number of ether oxygens (including phenoxy) is 1. The van der Waals surface area contributed by atoms with Gasteiger partial charge < -0.3 is 4.74 Å². The van der Waals surface area contributed by atoms with Crippen LogP contribution in [0.3, 0.4) is 0 Å². The van der Waals surface area contributed by atoms with E-state index in [-0.39, 0.29) is 6.04 Å². The van der Waals surface area contributed by atoms with Crippen LogP contribution in [0, 0.1) is 0 Å². The lowest BCUT2D eigenvalue weighted by atomic mass is 10.0. The van der Waals surface area contributed by atoms with Crippen molar-refractivity contribution in [3.63, 3.8) is 0 Å². The van der Waals surface area contributed by atoms with Crippen molar-refractivity contribution in [1.29, 1.82) is 0 Å². The quantitative estimate of drug-likeness (QED) is 0.643. The van der Waals surface area contributed by atoms with E-state index in [1.54, 1.807) is 18.4 Å². The molecule has 0 aliphatic heterocycles. The molecule has 0 aliphatic carbocycles. The molecule has 0 fully saturated rings. The van der Waals surface area contributed by atoms with Gasteiger partial charge in [0, 0.05) is 10.3 Å². The third-order valence-corrected chi connectivity index (χ3v) is 3.95. The van der Waals surface area contributed by atoms with Gasteiger partial charge in [-0.25, -0.2) is 5.43 Å². The molecule has 4 heteroatoms. The Kier molecular flexibility index (Phi) is 4.36. The van der Waals surface area contributed by atoms with E-state index in [1.165, 1.54) is 11.1 Å². The molecule has 0 saturated heterocycles. The second-order valence-electron chi connectivity index (χ2n) is 4.09.